The Bertz CT molecular complexity index is 1110. The zero-order valence-corrected chi connectivity index (χ0v) is 17.2. The van der Waals surface area contributed by atoms with Gasteiger partial charge in [0.25, 0.3) is 0 Å². The van der Waals surface area contributed by atoms with Crippen LogP contribution in [0, 0.1) is 6.92 Å². The molecular weight excluding hydrogens is 376 g/mol. The summed E-state index contributed by atoms with van der Waals surface area (Å²) in [6.07, 6.45) is 11.3. The Hall–Kier alpha value is -3.47. The van der Waals surface area contributed by atoms with Crippen molar-refractivity contribution in [3.8, 4) is 0 Å². The number of rotatable bonds is 7. The molecule has 0 radical (unpaired) electrons. The van der Waals surface area contributed by atoms with Crippen molar-refractivity contribution in [3.63, 3.8) is 0 Å². The monoisotopic (exact) mass is 400 g/mol. The van der Waals surface area contributed by atoms with Gasteiger partial charge in [-0.1, -0.05) is 36.4 Å². The molecule has 1 heterocycles. The molecule has 0 saturated heterocycles. The number of nitrogens with zero attached hydrogens (tertiary/aromatic N) is 1. The lowest BCUT2D eigenvalue weighted by molar-refractivity contribution is -0.136. The number of esters is 1. The summed E-state index contributed by atoms with van der Waals surface area (Å²) in [6, 6.07) is 8.17. The number of ether oxygens (including phenoxy) is 1. The van der Waals surface area contributed by atoms with Crippen molar-refractivity contribution in [1.82, 2.24) is 4.98 Å². The van der Waals surface area contributed by atoms with Gasteiger partial charge in [-0.25, -0.2) is 4.79 Å². The van der Waals surface area contributed by atoms with Crippen LogP contribution in [0.25, 0.3) is 6.08 Å². The standard InChI is InChI=1S/C25H24N2O3/c1-16-7-8-17(10-24(28)18-5-3-4-6-18)9-21(16)14-26-22-12-19-11-20(25(29)30-2)13-23(19)27-15-22/h3,5-9,11-12,15,26H,4,10,13-14H2,1-2H3. The third-order valence-electron chi connectivity index (χ3n) is 5.49. The maximum Gasteiger partial charge on any atom is 0.334 e. The molecule has 0 fully saturated rings. The summed E-state index contributed by atoms with van der Waals surface area (Å²) in [4.78, 5) is 28.6. The highest BCUT2D eigenvalue weighted by Gasteiger charge is 2.20. The van der Waals surface area contributed by atoms with E-state index in [2.05, 4.69) is 29.4 Å². The lowest BCUT2D eigenvalue weighted by Gasteiger charge is -2.12. The van der Waals surface area contributed by atoms with Gasteiger partial charge in [-0.05, 0) is 47.7 Å². The molecule has 0 aliphatic heterocycles. The van der Waals surface area contributed by atoms with E-state index in [9.17, 15) is 9.59 Å². The number of aryl methyl sites for hydroxylation is 1. The number of hydrogen-bond acceptors (Lipinski definition) is 5. The minimum Gasteiger partial charge on any atom is -0.466 e. The number of carbonyl (C=O) groups is 2. The van der Waals surface area contributed by atoms with Crippen LogP contribution >= 0.6 is 0 Å². The van der Waals surface area contributed by atoms with E-state index in [-0.39, 0.29) is 11.8 Å². The Morgan fingerprint density at radius 3 is 2.87 bits per heavy atom. The molecular formula is C25H24N2O3. The Morgan fingerprint density at radius 2 is 2.10 bits per heavy atom. The normalized spacial score (nSPS) is 14.2. The fourth-order valence-electron chi connectivity index (χ4n) is 3.74. The van der Waals surface area contributed by atoms with Crippen molar-refractivity contribution in [2.75, 3.05) is 12.4 Å². The molecule has 2 aliphatic carbocycles. The van der Waals surface area contributed by atoms with Gasteiger partial charge < -0.3 is 10.1 Å². The van der Waals surface area contributed by atoms with Gasteiger partial charge >= 0.3 is 5.97 Å². The Morgan fingerprint density at radius 1 is 1.23 bits per heavy atom. The van der Waals surface area contributed by atoms with Gasteiger partial charge in [0.05, 0.1) is 24.7 Å². The number of aromatic nitrogens is 1. The minimum absolute atomic E-state index is 0.155. The first kappa shape index (κ1) is 19.8. The Kier molecular flexibility index (Phi) is 5.61. The van der Waals surface area contributed by atoms with E-state index in [0.717, 1.165) is 40.1 Å². The topological polar surface area (TPSA) is 68.3 Å². The van der Waals surface area contributed by atoms with Crippen molar-refractivity contribution in [3.05, 3.63) is 87.8 Å². The number of methoxy groups -OCH3 is 1. The molecule has 2 aromatic rings. The Labute approximate surface area is 176 Å². The van der Waals surface area contributed by atoms with E-state index in [1.165, 1.54) is 12.7 Å². The SMILES string of the molecule is COC(=O)C1=Cc2cc(NCc3cc(CC(=O)C4=CCC=C4)ccc3C)cnc2C1. The van der Waals surface area contributed by atoms with E-state index in [0.29, 0.717) is 25.0 Å². The van der Waals surface area contributed by atoms with Crippen LogP contribution in [0.4, 0.5) is 5.69 Å². The molecule has 30 heavy (non-hydrogen) atoms. The van der Waals surface area contributed by atoms with Crippen LogP contribution in [-0.2, 0) is 33.7 Å². The lowest BCUT2D eigenvalue weighted by atomic mass is 9.99. The highest BCUT2D eigenvalue weighted by Crippen LogP contribution is 2.26. The highest BCUT2D eigenvalue weighted by atomic mass is 16.5. The summed E-state index contributed by atoms with van der Waals surface area (Å²) >= 11 is 0. The fraction of sp³-hybridized carbons (Fsp3) is 0.240. The molecule has 5 nitrogen and oxygen atoms in total. The van der Waals surface area contributed by atoms with Gasteiger partial charge in [0, 0.05) is 30.5 Å². The molecule has 0 atom stereocenters. The van der Waals surface area contributed by atoms with Gasteiger partial charge in [0.2, 0.25) is 0 Å². The van der Waals surface area contributed by atoms with Crippen molar-refractivity contribution in [2.24, 2.45) is 0 Å². The highest BCUT2D eigenvalue weighted by molar-refractivity contribution is 6.00. The molecule has 0 spiro atoms. The molecule has 5 heteroatoms. The van der Waals surface area contributed by atoms with E-state index in [1.54, 1.807) is 6.20 Å². The number of pyridine rings is 1. The van der Waals surface area contributed by atoms with Crippen molar-refractivity contribution in [1.29, 1.82) is 0 Å². The number of ketones is 1. The Balaban J connectivity index is 1.44. The molecule has 1 aromatic carbocycles. The van der Waals surface area contributed by atoms with Crippen molar-refractivity contribution < 1.29 is 14.3 Å². The third-order valence-corrected chi connectivity index (χ3v) is 5.49. The summed E-state index contributed by atoms with van der Waals surface area (Å²) in [5.74, 6) is -0.157. The summed E-state index contributed by atoms with van der Waals surface area (Å²) in [5.41, 5.74) is 7.46. The van der Waals surface area contributed by atoms with Gasteiger partial charge in [0.1, 0.15) is 0 Å². The number of anilines is 1. The average Bonchev–Trinajstić information content (AvgIpc) is 3.43. The van der Waals surface area contributed by atoms with Crippen molar-refractivity contribution in [2.45, 2.75) is 32.7 Å². The van der Waals surface area contributed by atoms with Crippen LogP contribution in [0.3, 0.4) is 0 Å². The molecule has 0 saturated carbocycles. The molecule has 1 N–H and O–H groups in total. The van der Waals surface area contributed by atoms with Gasteiger partial charge in [-0.3, -0.25) is 9.78 Å². The molecule has 152 valence electrons. The van der Waals surface area contributed by atoms with Gasteiger partial charge in [0.15, 0.2) is 5.78 Å². The number of nitrogens with one attached hydrogen (secondary N) is 1. The number of Topliss-reactive ketones (excluding diaryl/α,β-unsaturated/α-hetero) is 1. The van der Waals surface area contributed by atoms with Crippen LogP contribution in [0.1, 0.15) is 34.4 Å². The zero-order chi connectivity index (χ0) is 21.1. The van der Waals surface area contributed by atoms with Gasteiger partial charge in [-0.2, -0.15) is 0 Å². The van der Waals surface area contributed by atoms with E-state index >= 15 is 0 Å². The quantitative estimate of drug-likeness (QED) is 0.709. The maximum atomic E-state index is 12.4. The van der Waals surface area contributed by atoms with Crippen molar-refractivity contribution >= 4 is 23.5 Å². The fourth-order valence-corrected chi connectivity index (χ4v) is 3.74. The van der Waals surface area contributed by atoms with Crippen LogP contribution in [-0.4, -0.2) is 23.8 Å². The number of carbonyl (C=O) groups excluding carboxylic acids is 2. The van der Waals surface area contributed by atoms with Crippen LogP contribution in [0.15, 0.2) is 59.8 Å². The van der Waals surface area contributed by atoms with E-state index in [1.807, 2.05) is 36.4 Å². The first-order valence-corrected chi connectivity index (χ1v) is 10.0. The maximum absolute atomic E-state index is 12.4. The first-order valence-electron chi connectivity index (χ1n) is 10.0. The summed E-state index contributed by atoms with van der Waals surface area (Å²) in [5, 5.41) is 3.41. The lowest BCUT2D eigenvalue weighted by Crippen LogP contribution is -2.07. The molecule has 2 aliphatic rings. The molecule has 1 aromatic heterocycles. The van der Waals surface area contributed by atoms with Crippen LogP contribution in [0.2, 0.25) is 0 Å². The smallest absolute Gasteiger partial charge is 0.334 e. The first-order chi connectivity index (χ1) is 14.5. The summed E-state index contributed by atoms with van der Waals surface area (Å²) in [6.45, 7) is 2.70. The number of fused-ring (bicyclic) bond motifs is 1. The largest absolute Gasteiger partial charge is 0.466 e. The third kappa shape index (κ3) is 4.25. The molecule has 0 amide bonds. The molecule has 4 rings (SSSR count). The van der Waals surface area contributed by atoms with Crippen LogP contribution < -0.4 is 5.32 Å². The van der Waals surface area contributed by atoms with E-state index in [4.69, 9.17) is 4.74 Å². The summed E-state index contributed by atoms with van der Waals surface area (Å²) in [7, 11) is 1.39. The molecule has 0 bridgehead atoms. The second-order valence-corrected chi connectivity index (χ2v) is 7.61. The predicted molar refractivity (Wildman–Crippen MR) is 117 cm³/mol. The average molecular weight is 400 g/mol. The second kappa shape index (κ2) is 8.49. The van der Waals surface area contributed by atoms with Crippen LogP contribution in [0.5, 0.6) is 0 Å². The number of allylic oxidation sites excluding steroid dienone is 4. The number of hydrogen-bond donors (Lipinski definition) is 1. The summed E-state index contributed by atoms with van der Waals surface area (Å²) < 4.78 is 4.80. The molecule has 0 unspecified atom stereocenters. The van der Waals surface area contributed by atoms with Gasteiger partial charge in [-0.15, -0.1) is 0 Å². The predicted octanol–water partition coefficient (Wildman–Crippen LogP) is 4.11. The minimum atomic E-state index is -0.312. The second-order valence-electron chi connectivity index (χ2n) is 7.61. The zero-order valence-electron chi connectivity index (χ0n) is 17.2. The number of benzene rings is 1. The van der Waals surface area contributed by atoms with E-state index < -0.39 is 0 Å².